The standard InChI is InChI=1S/C19H25NO4/c21-7-8-23-17-4-3-13-9-14(1-2-15(13)10-17)16-5-6-19(11-16)12-24-18(22)20-19/h1-2,9,16-17,21H,3-8,10-12H2,(H,20,22)/t16-,17?,19?/m0/s1. The molecule has 1 saturated carbocycles. The minimum Gasteiger partial charge on any atom is -0.447 e. The van der Waals surface area contributed by atoms with Crippen molar-refractivity contribution in [1.29, 1.82) is 0 Å². The fraction of sp³-hybridized carbons (Fsp3) is 0.632. The van der Waals surface area contributed by atoms with Crippen LogP contribution in [0.4, 0.5) is 4.79 Å². The third-order valence-electron chi connectivity index (χ3n) is 5.79. The quantitative estimate of drug-likeness (QED) is 0.888. The summed E-state index contributed by atoms with van der Waals surface area (Å²) in [7, 11) is 0. The van der Waals surface area contributed by atoms with E-state index in [0.717, 1.165) is 38.5 Å². The van der Waals surface area contributed by atoms with Crippen molar-refractivity contribution in [3.8, 4) is 0 Å². The largest absolute Gasteiger partial charge is 0.447 e. The van der Waals surface area contributed by atoms with E-state index in [2.05, 4.69) is 23.5 Å². The van der Waals surface area contributed by atoms with Gasteiger partial charge in [0.25, 0.3) is 0 Å². The van der Waals surface area contributed by atoms with Crippen LogP contribution < -0.4 is 5.32 Å². The molecule has 1 amide bonds. The fourth-order valence-electron chi connectivity index (χ4n) is 4.50. The van der Waals surface area contributed by atoms with Gasteiger partial charge in [0.2, 0.25) is 0 Å². The molecule has 5 heteroatoms. The van der Waals surface area contributed by atoms with Crippen molar-refractivity contribution in [2.75, 3.05) is 19.8 Å². The van der Waals surface area contributed by atoms with Crippen molar-refractivity contribution >= 4 is 6.09 Å². The van der Waals surface area contributed by atoms with Gasteiger partial charge in [-0.2, -0.15) is 0 Å². The summed E-state index contributed by atoms with van der Waals surface area (Å²) in [5.74, 6) is 0.501. The zero-order chi connectivity index (χ0) is 16.6. The van der Waals surface area contributed by atoms with E-state index < -0.39 is 0 Å². The van der Waals surface area contributed by atoms with Crippen LogP contribution in [0.3, 0.4) is 0 Å². The van der Waals surface area contributed by atoms with Gasteiger partial charge in [-0.15, -0.1) is 0 Å². The third kappa shape index (κ3) is 3.03. The number of amides is 1. The molecule has 3 atom stereocenters. The highest BCUT2D eigenvalue weighted by molar-refractivity contribution is 5.70. The van der Waals surface area contributed by atoms with E-state index in [1.165, 1.54) is 16.7 Å². The Hall–Kier alpha value is -1.59. The summed E-state index contributed by atoms with van der Waals surface area (Å²) in [6, 6.07) is 6.85. The number of rotatable bonds is 4. The highest BCUT2D eigenvalue weighted by Gasteiger charge is 2.46. The molecule has 5 nitrogen and oxygen atoms in total. The maximum atomic E-state index is 11.4. The average Bonchev–Trinajstić information content (AvgIpc) is 3.18. The predicted molar refractivity (Wildman–Crippen MR) is 89.1 cm³/mol. The van der Waals surface area contributed by atoms with Crippen molar-refractivity contribution in [3.63, 3.8) is 0 Å². The number of nitrogens with one attached hydrogen (secondary N) is 1. The van der Waals surface area contributed by atoms with Gasteiger partial charge in [-0.1, -0.05) is 18.2 Å². The first-order valence-electron chi connectivity index (χ1n) is 8.96. The minimum absolute atomic E-state index is 0.0893. The summed E-state index contributed by atoms with van der Waals surface area (Å²) in [5.41, 5.74) is 4.06. The molecule has 2 aliphatic carbocycles. The lowest BCUT2D eigenvalue weighted by molar-refractivity contribution is 0.0216. The van der Waals surface area contributed by atoms with Crippen LogP contribution in [0.25, 0.3) is 0 Å². The molecule has 1 spiro atoms. The molecule has 4 rings (SSSR count). The first-order valence-corrected chi connectivity index (χ1v) is 8.96. The number of fused-ring (bicyclic) bond motifs is 1. The van der Waals surface area contributed by atoms with Gasteiger partial charge in [-0.25, -0.2) is 4.79 Å². The van der Waals surface area contributed by atoms with Gasteiger partial charge in [0, 0.05) is 0 Å². The lowest BCUT2D eigenvalue weighted by Gasteiger charge is -2.26. The number of aliphatic hydroxyl groups excluding tert-OH is 1. The molecule has 1 aliphatic heterocycles. The second kappa shape index (κ2) is 6.37. The number of aryl methyl sites for hydroxylation is 1. The van der Waals surface area contributed by atoms with Crippen LogP contribution in [0.5, 0.6) is 0 Å². The summed E-state index contributed by atoms with van der Waals surface area (Å²) in [4.78, 5) is 11.4. The van der Waals surface area contributed by atoms with Crippen LogP contribution in [0, 0.1) is 0 Å². The van der Waals surface area contributed by atoms with Gasteiger partial charge < -0.3 is 19.9 Å². The van der Waals surface area contributed by atoms with E-state index in [4.69, 9.17) is 14.6 Å². The Bertz CT molecular complexity index is 632. The van der Waals surface area contributed by atoms with E-state index in [1.54, 1.807) is 0 Å². The van der Waals surface area contributed by atoms with E-state index >= 15 is 0 Å². The molecule has 24 heavy (non-hydrogen) atoms. The Balaban J connectivity index is 1.44. The van der Waals surface area contributed by atoms with Crippen molar-refractivity contribution in [1.82, 2.24) is 5.32 Å². The first kappa shape index (κ1) is 15.9. The van der Waals surface area contributed by atoms with E-state index in [0.29, 0.717) is 19.1 Å². The van der Waals surface area contributed by atoms with Crippen LogP contribution in [0.2, 0.25) is 0 Å². The third-order valence-corrected chi connectivity index (χ3v) is 5.79. The SMILES string of the molecule is O=C1NC2(CC[C@H](c3ccc4c(c3)CCC(OCCO)C4)C2)CO1. The number of cyclic esters (lactones) is 1. The molecule has 2 N–H and O–H groups in total. The van der Waals surface area contributed by atoms with E-state index in [-0.39, 0.29) is 24.3 Å². The summed E-state index contributed by atoms with van der Waals surface area (Å²) >= 11 is 0. The molecule has 2 unspecified atom stereocenters. The van der Waals surface area contributed by atoms with E-state index in [1.807, 2.05) is 0 Å². The number of hydrogen-bond donors (Lipinski definition) is 2. The zero-order valence-corrected chi connectivity index (χ0v) is 13.9. The molecule has 1 heterocycles. The van der Waals surface area contributed by atoms with Crippen LogP contribution >= 0.6 is 0 Å². The number of carbonyl (C=O) groups is 1. The van der Waals surface area contributed by atoms with Crippen LogP contribution in [0.1, 0.15) is 48.3 Å². The van der Waals surface area contributed by atoms with Crippen LogP contribution in [0.15, 0.2) is 18.2 Å². The topological polar surface area (TPSA) is 67.8 Å². The molecule has 1 aromatic carbocycles. The summed E-state index contributed by atoms with van der Waals surface area (Å²) < 4.78 is 10.8. The average molecular weight is 331 g/mol. The Kier molecular flexibility index (Phi) is 4.22. The monoisotopic (exact) mass is 331 g/mol. The molecule has 130 valence electrons. The second-order valence-electron chi connectivity index (χ2n) is 7.41. The Morgan fingerprint density at radius 1 is 1.33 bits per heavy atom. The minimum atomic E-state index is -0.269. The number of hydrogen-bond acceptors (Lipinski definition) is 4. The Labute approximate surface area is 142 Å². The van der Waals surface area contributed by atoms with Crippen molar-refractivity contribution in [2.24, 2.45) is 0 Å². The number of carbonyl (C=O) groups excluding carboxylic acids is 1. The molecule has 3 aliphatic rings. The first-order chi connectivity index (χ1) is 11.7. The molecule has 1 aromatic rings. The number of ether oxygens (including phenoxy) is 2. The van der Waals surface area contributed by atoms with Gasteiger partial charge in [-0.3, -0.25) is 0 Å². The van der Waals surface area contributed by atoms with Gasteiger partial charge >= 0.3 is 6.09 Å². The Morgan fingerprint density at radius 3 is 3.04 bits per heavy atom. The van der Waals surface area contributed by atoms with Crippen molar-refractivity contribution in [3.05, 3.63) is 34.9 Å². The molecule has 2 fully saturated rings. The highest BCUT2D eigenvalue weighted by Crippen LogP contribution is 2.43. The molecule has 1 saturated heterocycles. The number of aliphatic hydroxyl groups is 1. The molecule has 0 aromatic heterocycles. The smallest absolute Gasteiger partial charge is 0.407 e. The lowest BCUT2D eigenvalue weighted by Crippen LogP contribution is -2.40. The normalized spacial score (nSPS) is 31.8. The van der Waals surface area contributed by atoms with Gasteiger partial charge in [-0.05, 0) is 61.1 Å². The molecular formula is C19H25NO4. The predicted octanol–water partition coefficient (Wildman–Crippen LogP) is 2.30. The highest BCUT2D eigenvalue weighted by atomic mass is 16.6. The second-order valence-corrected chi connectivity index (χ2v) is 7.41. The van der Waals surface area contributed by atoms with Gasteiger partial charge in [0.05, 0.1) is 24.9 Å². The van der Waals surface area contributed by atoms with Crippen molar-refractivity contribution < 1.29 is 19.4 Å². The maximum Gasteiger partial charge on any atom is 0.407 e. The number of benzene rings is 1. The maximum absolute atomic E-state index is 11.4. The van der Waals surface area contributed by atoms with Crippen LogP contribution in [-0.4, -0.2) is 42.7 Å². The Morgan fingerprint density at radius 2 is 2.25 bits per heavy atom. The molecule has 0 radical (unpaired) electrons. The fourth-order valence-corrected chi connectivity index (χ4v) is 4.50. The van der Waals surface area contributed by atoms with E-state index in [9.17, 15) is 4.79 Å². The van der Waals surface area contributed by atoms with Gasteiger partial charge in [0.15, 0.2) is 0 Å². The van der Waals surface area contributed by atoms with Crippen LogP contribution in [-0.2, 0) is 22.3 Å². The number of alkyl carbamates (subject to hydrolysis) is 1. The lowest BCUT2D eigenvalue weighted by atomic mass is 9.85. The summed E-state index contributed by atoms with van der Waals surface area (Å²) in [6.45, 7) is 1.03. The molecule has 0 bridgehead atoms. The van der Waals surface area contributed by atoms with Gasteiger partial charge in [0.1, 0.15) is 6.61 Å². The summed E-state index contributed by atoms with van der Waals surface area (Å²) in [5, 5.41) is 11.9. The zero-order valence-electron chi connectivity index (χ0n) is 13.9. The van der Waals surface area contributed by atoms with Crippen molar-refractivity contribution in [2.45, 2.75) is 56.1 Å². The summed E-state index contributed by atoms with van der Waals surface area (Å²) in [6.07, 6.45) is 6.04. The molecular weight excluding hydrogens is 306 g/mol.